The van der Waals surface area contributed by atoms with E-state index in [1.807, 2.05) is 25.1 Å². The van der Waals surface area contributed by atoms with Gasteiger partial charge in [-0.1, -0.05) is 30.3 Å². The molecular formula is C14H12OS. The van der Waals surface area contributed by atoms with Crippen molar-refractivity contribution in [2.75, 3.05) is 0 Å². The topological polar surface area (TPSA) is 17.1 Å². The number of rotatable bonds is 1. The van der Waals surface area contributed by atoms with Crippen LogP contribution in [0.25, 0.3) is 11.1 Å². The van der Waals surface area contributed by atoms with Crippen LogP contribution in [0.2, 0.25) is 0 Å². The number of fused-ring (bicyclic) bond motifs is 1. The first-order chi connectivity index (χ1) is 7.70. The van der Waals surface area contributed by atoms with Crippen LogP contribution < -0.4 is 0 Å². The summed E-state index contributed by atoms with van der Waals surface area (Å²) in [7, 11) is -0.848. The summed E-state index contributed by atoms with van der Waals surface area (Å²) in [4.78, 5) is 2.09. The van der Waals surface area contributed by atoms with Crippen molar-refractivity contribution in [3.8, 4) is 11.1 Å². The van der Waals surface area contributed by atoms with E-state index in [0.717, 1.165) is 20.9 Å². The second-order valence-corrected chi connectivity index (χ2v) is 5.51. The molecule has 0 amide bonds. The number of hydrogen-bond acceptors (Lipinski definition) is 1. The van der Waals surface area contributed by atoms with Gasteiger partial charge in [-0.3, -0.25) is 0 Å². The van der Waals surface area contributed by atoms with Crippen molar-refractivity contribution in [3.63, 3.8) is 0 Å². The fourth-order valence-corrected chi connectivity index (χ4v) is 3.52. The largest absolute Gasteiger partial charge is 0.249 e. The summed E-state index contributed by atoms with van der Waals surface area (Å²) in [6.45, 7) is 4.13. The van der Waals surface area contributed by atoms with Crippen LogP contribution in [-0.2, 0) is 10.8 Å². The number of aryl methyl sites for hydroxylation is 1. The molecule has 80 valence electrons. The lowest BCUT2D eigenvalue weighted by atomic mass is 10.0. The highest BCUT2D eigenvalue weighted by Crippen LogP contribution is 2.46. The zero-order valence-electron chi connectivity index (χ0n) is 9.28. The predicted molar refractivity (Wildman–Crippen MR) is 66.0 cm³/mol. The lowest BCUT2D eigenvalue weighted by Crippen LogP contribution is -1.82. The second kappa shape index (κ2) is 3.29. The first-order valence-corrected chi connectivity index (χ1v) is 6.46. The smallest absolute Gasteiger partial charge is 0.0884 e. The lowest BCUT2D eigenvalue weighted by molar-refractivity contribution is 0.692. The Morgan fingerprint density at radius 1 is 1.00 bits per heavy atom. The SMILES string of the molecule is Cc1cc(-c2ccccc2)c2c(c1C)S2=O. The van der Waals surface area contributed by atoms with Crippen molar-refractivity contribution in [1.29, 1.82) is 0 Å². The molecule has 0 aliphatic carbocycles. The van der Waals surface area contributed by atoms with E-state index in [9.17, 15) is 4.21 Å². The summed E-state index contributed by atoms with van der Waals surface area (Å²) in [6, 6.07) is 12.3. The lowest BCUT2D eigenvalue weighted by Gasteiger charge is -2.02. The molecule has 1 atom stereocenters. The zero-order valence-corrected chi connectivity index (χ0v) is 10.1. The minimum atomic E-state index is -0.848. The van der Waals surface area contributed by atoms with E-state index >= 15 is 0 Å². The van der Waals surface area contributed by atoms with Gasteiger partial charge in [0.05, 0.1) is 20.6 Å². The highest BCUT2D eigenvalue weighted by Gasteiger charge is 2.35. The minimum absolute atomic E-state index is 0.848. The molecule has 1 aliphatic rings. The highest BCUT2D eigenvalue weighted by molar-refractivity contribution is 7.91. The van der Waals surface area contributed by atoms with Crippen LogP contribution in [0.3, 0.4) is 0 Å². The molecule has 16 heavy (non-hydrogen) atoms. The zero-order chi connectivity index (χ0) is 11.3. The molecule has 1 heterocycles. The van der Waals surface area contributed by atoms with Gasteiger partial charge in [0, 0.05) is 0 Å². The van der Waals surface area contributed by atoms with Gasteiger partial charge in [-0.25, -0.2) is 4.21 Å². The van der Waals surface area contributed by atoms with Gasteiger partial charge in [-0.05, 0) is 42.2 Å². The van der Waals surface area contributed by atoms with Gasteiger partial charge in [0.15, 0.2) is 0 Å². The maximum atomic E-state index is 11.8. The van der Waals surface area contributed by atoms with Crippen LogP contribution in [0, 0.1) is 13.8 Å². The maximum absolute atomic E-state index is 11.8. The normalized spacial score (nSPS) is 17.0. The summed E-state index contributed by atoms with van der Waals surface area (Å²) in [5.41, 5.74) is 4.71. The van der Waals surface area contributed by atoms with Crippen molar-refractivity contribution in [2.24, 2.45) is 0 Å². The van der Waals surface area contributed by atoms with Gasteiger partial charge < -0.3 is 0 Å². The molecule has 1 unspecified atom stereocenters. The molecule has 0 N–H and O–H groups in total. The van der Waals surface area contributed by atoms with E-state index in [-0.39, 0.29) is 0 Å². The quantitative estimate of drug-likeness (QED) is 0.583. The molecule has 0 radical (unpaired) electrons. The molecule has 3 rings (SSSR count). The van der Waals surface area contributed by atoms with E-state index in [2.05, 4.69) is 25.1 Å². The molecule has 0 fully saturated rings. The average molecular weight is 228 g/mol. The Morgan fingerprint density at radius 3 is 2.38 bits per heavy atom. The Balaban J connectivity index is 2.26. The van der Waals surface area contributed by atoms with Crippen LogP contribution in [0.15, 0.2) is 46.2 Å². The maximum Gasteiger partial charge on any atom is 0.0884 e. The Bertz CT molecular complexity index is 600. The molecule has 0 spiro atoms. The van der Waals surface area contributed by atoms with Crippen molar-refractivity contribution >= 4 is 10.8 Å². The van der Waals surface area contributed by atoms with E-state index < -0.39 is 10.8 Å². The Hall–Kier alpha value is -1.41. The number of benzene rings is 2. The molecule has 2 aromatic rings. The highest BCUT2D eigenvalue weighted by atomic mass is 32.2. The fraction of sp³-hybridized carbons (Fsp3) is 0.143. The first-order valence-electron chi connectivity index (χ1n) is 5.31. The summed E-state index contributed by atoms with van der Waals surface area (Å²) < 4.78 is 11.8. The summed E-state index contributed by atoms with van der Waals surface area (Å²) in [5, 5.41) is 0. The van der Waals surface area contributed by atoms with Crippen LogP contribution in [0.5, 0.6) is 0 Å². The van der Waals surface area contributed by atoms with Crippen LogP contribution in [0.1, 0.15) is 11.1 Å². The van der Waals surface area contributed by atoms with Gasteiger partial charge in [-0.2, -0.15) is 0 Å². The molecule has 1 aliphatic heterocycles. The molecule has 2 heteroatoms. The third-order valence-electron chi connectivity index (χ3n) is 3.16. The molecule has 0 saturated heterocycles. The predicted octanol–water partition coefficient (Wildman–Crippen LogP) is 3.45. The molecule has 1 nitrogen and oxygen atoms in total. The summed E-state index contributed by atoms with van der Waals surface area (Å²) >= 11 is 0. The van der Waals surface area contributed by atoms with Gasteiger partial charge in [-0.15, -0.1) is 0 Å². The Labute approximate surface area is 97.6 Å². The van der Waals surface area contributed by atoms with Gasteiger partial charge >= 0.3 is 0 Å². The second-order valence-electron chi connectivity index (χ2n) is 4.16. The van der Waals surface area contributed by atoms with Crippen LogP contribution in [-0.4, -0.2) is 4.21 Å². The average Bonchev–Trinajstić information content (AvgIpc) is 2.97. The van der Waals surface area contributed by atoms with Crippen LogP contribution >= 0.6 is 0 Å². The third kappa shape index (κ3) is 1.26. The monoisotopic (exact) mass is 228 g/mol. The van der Waals surface area contributed by atoms with Crippen molar-refractivity contribution in [2.45, 2.75) is 23.6 Å². The Morgan fingerprint density at radius 2 is 1.69 bits per heavy atom. The van der Waals surface area contributed by atoms with Crippen molar-refractivity contribution in [3.05, 3.63) is 47.5 Å². The van der Waals surface area contributed by atoms with E-state index in [1.54, 1.807) is 0 Å². The van der Waals surface area contributed by atoms with Gasteiger partial charge in [0.2, 0.25) is 0 Å². The standard InChI is InChI=1S/C14H12OS/c1-9-8-12(11-6-4-3-5-7-11)14-13(10(9)2)16(14)15/h3-8H,1-2H3. The number of hydrogen-bond donors (Lipinski definition) is 0. The molecular weight excluding hydrogens is 216 g/mol. The first kappa shape index (κ1) is 9.79. The fourth-order valence-electron chi connectivity index (χ4n) is 2.07. The molecule has 0 saturated carbocycles. The van der Waals surface area contributed by atoms with Gasteiger partial charge in [0.1, 0.15) is 0 Å². The van der Waals surface area contributed by atoms with E-state index in [0.29, 0.717) is 0 Å². The van der Waals surface area contributed by atoms with Gasteiger partial charge in [0.25, 0.3) is 0 Å². The van der Waals surface area contributed by atoms with Crippen molar-refractivity contribution in [1.82, 2.24) is 0 Å². The molecule has 2 aromatic carbocycles. The molecule has 0 bridgehead atoms. The van der Waals surface area contributed by atoms with Crippen molar-refractivity contribution < 1.29 is 4.21 Å². The molecule has 0 aromatic heterocycles. The summed E-state index contributed by atoms with van der Waals surface area (Å²) in [5.74, 6) is 0. The Kier molecular flexibility index (Phi) is 2.01. The third-order valence-corrected chi connectivity index (χ3v) is 4.63. The van der Waals surface area contributed by atoms with E-state index in [1.165, 1.54) is 11.1 Å². The van der Waals surface area contributed by atoms with Crippen LogP contribution in [0.4, 0.5) is 0 Å². The summed E-state index contributed by atoms with van der Waals surface area (Å²) in [6.07, 6.45) is 0. The minimum Gasteiger partial charge on any atom is -0.249 e. The van der Waals surface area contributed by atoms with E-state index in [4.69, 9.17) is 0 Å².